The number of amides is 1. The number of fused-ring (bicyclic) bond motifs is 3. The monoisotopic (exact) mass is 245 g/mol. The van der Waals surface area contributed by atoms with Gasteiger partial charge in [0.25, 0.3) is 0 Å². The summed E-state index contributed by atoms with van der Waals surface area (Å²) in [6.07, 6.45) is 2.23. The van der Waals surface area contributed by atoms with Gasteiger partial charge >= 0.3 is 0 Å². The molecule has 2 aliphatic rings. The van der Waals surface area contributed by atoms with E-state index in [0.717, 1.165) is 12.8 Å². The molecule has 18 heavy (non-hydrogen) atoms. The molecule has 3 rings (SSSR count). The maximum absolute atomic E-state index is 12.3. The van der Waals surface area contributed by atoms with Crippen molar-refractivity contribution in [2.75, 3.05) is 20.2 Å². The second-order valence-electron chi connectivity index (χ2n) is 5.44. The third kappa shape index (κ3) is 1.74. The Labute approximate surface area is 107 Å². The first kappa shape index (κ1) is 11.7. The maximum atomic E-state index is 12.3. The van der Waals surface area contributed by atoms with Crippen molar-refractivity contribution in [1.82, 2.24) is 4.90 Å². The van der Waals surface area contributed by atoms with Crippen LogP contribution in [0.1, 0.15) is 23.5 Å². The minimum atomic E-state index is 0.0425. The van der Waals surface area contributed by atoms with Crippen LogP contribution < -0.4 is 0 Å². The Balaban J connectivity index is 1.78. The van der Waals surface area contributed by atoms with Gasteiger partial charge in [0.2, 0.25) is 5.91 Å². The van der Waals surface area contributed by atoms with Gasteiger partial charge in [-0.2, -0.15) is 0 Å². The molecule has 0 saturated heterocycles. The molecule has 1 N–H and O–H groups in total. The Hall–Kier alpha value is -1.35. The van der Waals surface area contributed by atoms with Crippen molar-refractivity contribution in [2.45, 2.75) is 18.8 Å². The molecule has 0 aliphatic heterocycles. The van der Waals surface area contributed by atoms with Crippen molar-refractivity contribution in [1.29, 1.82) is 0 Å². The molecule has 3 heteroatoms. The summed E-state index contributed by atoms with van der Waals surface area (Å²) < 4.78 is 0. The van der Waals surface area contributed by atoms with E-state index in [1.165, 1.54) is 11.1 Å². The maximum Gasteiger partial charge on any atom is 0.226 e. The van der Waals surface area contributed by atoms with Crippen molar-refractivity contribution in [2.24, 2.45) is 11.8 Å². The fraction of sp³-hybridized carbons (Fsp3) is 0.533. The van der Waals surface area contributed by atoms with E-state index < -0.39 is 0 Å². The van der Waals surface area contributed by atoms with Crippen molar-refractivity contribution in [3.8, 4) is 0 Å². The van der Waals surface area contributed by atoms with E-state index in [4.69, 9.17) is 5.11 Å². The first-order chi connectivity index (χ1) is 8.74. The van der Waals surface area contributed by atoms with Gasteiger partial charge < -0.3 is 10.0 Å². The molecule has 0 spiro atoms. The summed E-state index contributed by atoms with van der Waals surface area (Å²) in [4.78, 5) is 14.0. The molecule has 1 amide bonds. The molecular formula is C15H19NO2. The number of benzene rings is 1. The Bertz CT molecular complexity index is 471. The molecule has 1 aromatic rings. The minimum Gasteiger partial charge on any atom is -0.395 e. The van der Waals surface area contributed by atoms with Gasteiger partial charge in [0.05, 0.1) is 6.61 Å². The number of hydrogen-bond donors (Lipinski definition) is 1. The van der Waals surface area contributed by atoms with Gasteiger partial charge in [-0.3, -0.25) is 4.79 Å². The summed E-state index contributed by atoms with van der Waals surface area (Å²) in [6, 6.07) is 8.50. The number of carbonyl (C=O) groups is 1. The van der Waals surface area contributed by atoms with Crippen LogP contribution in [0.4, 0.5) is 0 Å². The third-order valence-corrected chi connectivity index (χ3v) is 4.43. The minimum absolute atomic E-state index is 0.0425. The lowest BCUT2D eigenvalue weighted by molar-refractivity contribution is -0.132. The highest BCUT2D eigenvalue weighted by atomic mass is 16.3. The summed E-state index contributed by atoms with van der Waals surface area (Å²) in [5.41, 5.74) is 2.79. The lowest BCUT2D eigenvalue weighted by Crippen LogP contribution is -2.31. The fourth-order valence-electron chi connectivity index (χ4n) is 3.42. The molecule has 0 radical (unpaired) electrons. The molecule has 0 bridgehead atoms. The Kier molecular flexibility index (Phi) is 2.86. The van der Waals surface area contributed by atoms with Crippen molar-refractivity contribution in [3.63, 3.8) is 0 Å². The molecule has 1 aromatic carbocycles. The lowest BCUT2D eigenvalue weighted by Gasteiger charge is -2.15. The standard InChI is InChI=1S/C15H19NO2/c1-16(8-9-17)15(18)14-12-7-6-10-4-2-3-5-11(10)13(12)14/h2-5,12-14,17H,6-9H2,1H3. The van der Waals surface area contributed by atoms with Gasteiger partial charge in [-0.15, -0.1) is 0 Å². The van der Waals surface area contributed by atoms with Crippen LogP contribution in [0.25, 0.3) is 0 Å². The highest BCUT2D eigenvalue weighted by Gasteiger charge is 2.57. The van der Waals surface area contributed by atoms with Gasteiger partial charge in [-0.25, -0.2) is 0 Å². The number of carbonyl (C=O) groups excluding carboxylic acids is 1. The zero-order valence-electron chi connectivity index (χ0n) is 10.7. The summed E-state index contributed by atoms with van der Waals surface area (Å²) >= 11 is 0. The second kappa shape index (κ2) is 4.39. The van der Waals surface area contributed by atoms with Crippen LogP contribution in [0.3, 0.4) is 0 Å². The van der Waals surface area contributed by atoms with E-state index in [2.05, 4.69) is 24.3 Å². The topological polar surface area (TPSA) is 40.5 Å². The van der Waals surface area contributed by atoms with Crippen LogP contribution >= 0.6 is 0 Å². The van der Waals surface area contributed by atoms with Crippen molar-refractivity contribution < 1.29 is 9.90 Å². The average molecular weight is 245 g/mol. The molecule has 96 valence electrons. The molecule has 3 atom stereocenters. The largest absolute Gasteiger partial charge is 0.395 e. The van der Waals surface area contributed by atoms with E-state index in [-0.39, 0.29) is 18.4 Å². The first-order valence-electron chi connectivity index (χ1n) is 6.67. The predicted molar refractivity (Wildman–Crippen MR) is 69.2 cm³/mol. The summed E-state index contributed by atoms with van der Waals surface area (Å²) in [7, 11) is 1.79. The number of rotatable bonds is 3. The van der Waals surface area contributed by atoms with Crippen LogP contribution in [0.15, 0.2) is 24.3 Å². The van der Waals surface area contributed by atoms with Crippen LogP contribution in [0.2, 0.25) is 0 Å². The van der Waals surface area contributed by atoms with E-state index >= 15 is 0 Å². The number of aryl methyl sites for hydroxylation is 1. The van der Waals surface area contributed by atoms with Crippen molar-refractivity contribution in [3.05, 3.63) is 35.4 Å². The SMILES string of the molecule is CN(CCO)C(=O)C1C2CCc3ccccc3C21. The van der Waals surface area contributed by atoms with Crippen LogP contribution in [0, 0.1) is 11.8 Å². The molecular weight excluding hydrogens is 226 g/mol. The molecule has 1 fully saturated rings. The highest BCUT2D eigenvalue weighted by molar-refractivity contribution is 5.84. The Morgan fingerprint density at radius 3 is 3.00 bits per heavy atom. The number of hydrogen-bond acceptors (Lipinski definition) is 2. The van der Waals surface area contributed by atoms with Gasteiger partial charge in [0, 0.05) is 19.5 Å². The highest BCUT2D eigenvalue weighted by Crippen LogP contribution is 2.60. The second-order valence-corrected chi connectivity index (χ2v) is 5.44. The van der Waals surface area contributed by atoms with E-state index in [9.17, 15) is 4.79 Å². The number of aliphatic hydroxyl groups is 1. The number of likely N-dealkylation sites (N-methyl/N-ethyl adjacent to an activating group) is 1. The van der Waals surface area contributed by atoms with E-state index in [1.54, 1.807) is 11.9 Å². The van der Waals surface area contributed by atoms with Gasteiger partial charge in [-0.05, 0) is 35.8 Å². The van der Waals surface area contributed by atoms with Gasteiger partial charge in [0.1, 0.15) is 0 Å². The molecule has 0 heterocycles. The average Bonchev–Trinajstić information content (AvgIpc) is 3.13. The van der Waals surface area contributed by atoms with E-state index in [0.29, 0.717) is 18.4 Å². The number of aliphatic hydroxyl groups excluding tert-OH is 1. The molecule has 3 nitrogen and oxygen atoms in total. The zero-order valence-corrected chi connectivity index (χ0v) is 10.7. The van der Waals surface area contributed by atoms with E-state index in [1.807, 2.05) is 0 Å². The van der Waals surface area contributed by atoms with Gasteiger partial charge in [0.15, 0.2) is 0 Å². The Morgan fingerprint density at radius 2 is 2.22 bits per heavy atom. The molecule has 3 unspecified atom stereocenters. The molecule has 1 saturated carbocycles. The lowest BCUT2D eigenvalue weighted by atomic mass is 9.92. The third-order valence-electron chi connectivity index (χ3n) is 4.43. The summed E-state index contributed by atoms with van der Waals surface area (Å²) in [5, 5.41) is 8.91. The quantitative estimate of drug-likeness (QED) is 0.874. The zero-order chi connectivity index (χ0) is 12.7. The van der Waals surface area contributed by atoms with Crippen LogP contribution in [0.5, 0.6) is 0 Å². The van der Waals surface area contributed by atoms with Crippen molar-refractivity contribution >= 4 is 5.91 Å². The van der Waals surface area contributed by atoms with Gasteiger partial charge in [-0.1, -0.05) is 24.3 Å². The molecule has 2 aliphatic carbocycles. The predicted octanol–water partition coefficient (Wildman–Crippen LogP) is 1.41. The number of nitrogens with zero attached hydrogens (tertiary/aromatic N) is 1. The van der Waals surface area contributed by atoms with Crippen LogP contribution in [-0.2, 0) is 11.2 Å². The fourth-order valence-corrected chi connectivity index (χ4v) is 3.42. The normalized spacial score (nSPS) is 28.2. The molecule has 0 aromatic heterocycles. The first-order valence-corrected chi connectivity index (χ1v) is 6.67. The summed E-state index contributed by atoms with van der Waals surface area (Å²) in [6.45, 7) is 0.483. The Morgan fingerprint density at radius 1 is 1.44 bits per heavy atom. The van der Waals surface area contributed by atoms with Crippen LogP contribution in [-0.4, -0.2) is 36.1 Å². The smallest absolute Gasteiger partial charge is 0.226 e. The summed E-state index contributed by atoms with van der Waals surface area (Å²) in [5.74, 6) is 1.33.